The molecule has 4 heterocycles. The van der Waals surface area contributed by atoms with E-state index in [9.17, 15) is 32.4 Å². The van der Waals surface area contributed by atoms with E-state index in [0.717, 1.165) is 4.90 Å². The van der Waals surface area contributed by atoms with Gasteiger partial charge in [0.2, 0.25) is 27.7 Å². The molecule has 6 rings (SSSR count). The predicted molar refractivity (Wildman–Crippen MR) is 159 cm³/mol. The number of imide groups is 2. The van der Waals surface area contributed by atoms with Crippen molar-refractivity contribution in [2.75, 3.05) is 36.8 Å². The van der Waals surface area contributed by atoms with Crippen LogP contribution in [0.2, 0.25) is 0 Å². The number of rotatable bonds is 6. The lowest BCUT2D eigenvalue weighted by Gasteiger charge is -2.36. The van der Waals surface area contributed by atoms with Crippen LogP contribution in [0.5, 0.6) is 0 Å². The Bertz CT molecular complexity index is 1630. The van der Waals surface area contributed by atoms with Gasteiger partial charge in [-0.3, -0.25) is 34.2 Å². The molecular formula is C30H34N6O7S. The van der Waals surface area contributed by atoms with Crippen LogP contribution in [-0.4, -0.2) is 85.4 Å². The van der Waals surface area contributed by atoms with Gasteiger partial charge in [-0.15, -0.1) is 0 Å². The molecule has 3 saturated heterocycles. The highest BCUT2D eigenvalue weighted by molar-refractivity contribution is 7.89. The highest BCUT2D eigenvalue weighted by atomic mass is 32.2. The number of hydrogen-bond acceptors (Lipinski definition) is 9. The summed E-state index contributed by atoms with van der Waals surface area (Å²) >= 11 is 0. The van der Waals surface area contributed by atoms with Gasteiger partial charge in [-0.05, 0) is 68.5 Å². The molecular weight excluding hydrogens is 588 g/mol. The van der Waals surface area contributed by atoms with Crippen molar-refractivity contribution in [2.45, 2.75) is 55.5 Å². The monoisotopic (exact) mass is 622 g/mol. The number of carbonyl (C=O) groups is 5. The van der Waals surface area contributed by atoms with Gasteiger partial charge in [-0.25, -0.2) is 8.42 Å². The zero-order chi connectivity index (χ0) is 31.2. The summed E-state index contributed by atoms with van der Waals surface area (Å²) in [7, 11) is -3.63. The molecule has 0 bridgehead atoms. The molecule has 1 atom stereocenters. The van der Waals surface area contributed by atoms with Gasteiger partial charge in [0.05, 0.1) is 21.7 Å². The average molecular weight is 623 g/mol. The molecule has 4 aliphatic heterocycles. The number of carbonyl (C=O) groups excluding carboxylic acids is 5. The van der Waals surface area contributed by atoms with Crippen LogP contribution in [0, 0.1) is 5.92 Å². The number of anilines is 2. The van der Waals surface area contributed by atoms with E-state index in [2.05, 4.69) is 10.6 Å². The van der Waals surface area contributed by atoms with Crippen molar-refractivity contribution in [2.24, 2.45) is 5.92 Å². The summed E-state index contributed by atoms with van der Waals surface area (Å²) in [5, 5.41) is 5.31. The minimum absolute atomic E-state index is 0.0497. The fraction of sp³-hybridized carbons (Fsp3) is 0.433. The Kier molecular flexibility index (Phi) is 7.88. The number of nitrogen functional groups attached to an aromatic ring is 1. The molecule has 2 aromatic rings. The molecule has 44 heavy (non-hydrogen) atoms. The maximum Gasteiger partial charge on any atom is 0.264 e. The lowest BCUT2D eigenvalue weighted by atomic mass is 9.93. The van der Waals surface area contributed by atoms with Crippen LogP contribution in [0.15, 0.2) is 47.4 Å². The minimum Gasteiger partial charge on any atom is -0.399 e. The molecule has 4 N–H and O–H groups in total. The summed E-state index contributed by atoms with van der Waals surface area (Å²) in [6.07, 6.45) is 2.23. The van der Waals surface area contributed by atoms with E-state index in [1.54, 1.807) is 30.3 Å². The number of sulfonamides is 1. The van der Waals surface area contributed by atoms with Crippen molar-refractivity contribution in [3.8, 4) is 0 Å². The molecule has 2 aromatic carbocycles. The van der Waals surface area contributed by atoms with Gasteiger partial charge in [0.1, 0.15) is 6.04 Å². The topological polar surface area (TPSA) is 179 Å². The number of piperidine rings is 3. The summed E-state index contributed by atoms with van der Waals surface area (Å²) in [6.45, 7) is 1.59. The molecule has 0 aromatic heterocycles. The first kappa shape index (κ1) is 29.8. The summed E-state index contributed by atoms with van der Waals surface area (Å²) in [5.41, 5.74) is 7.22. The Morgan fingerprint density at radius 2 is 1.55 bits per heavy atom. The van der Waals surface area contributed by atoms with E-state index < -0.39 is 39.7 Å². The molecule has 1 unspecified atom stereocenters. The number of nitrogens with zero attached hydrogens (tertiary/aromatic N) is 3. The van der Waals surface area contributed by atoms with Crippen molar-refractivity contribution < 1.29 is 32.4 Å². The first-order valence-corrected chi connectivity index (χ1v) is 16.2. The van der Waals surface area contributed by atoms with Crippen molar-refractivity contribution in [3.63, 3.8) is 0 Å². The van der Waals surface area contributed by atoms with Crippen molar-refractivity contribution in [1.82, 2.24) is 19.8 Å². The highest BCUT2D eigenvalue weighted by Crippen LogP contribution is 2.36. The maximum absolute atomic E-state index is 13.5. The zero-order valence-corrected chi connectivity index (χ0v) is 24.8. The number of benzene rings is 2. The predicted octanol–water partition coefficient (Wildman–Crippen LogP) is 0.856. The van der Waals surface area contributed by atoms with Crippen LogP contribution in [0.3, 0.4) is 0 Å². The summed E-state index contributed by atoms with van der Waals surface area (Å²) in [4.78, 5) is 67.0. The normalized spacial score (nSPS) is 22.2. The number of hydrogen-bond donors (Lipinski definition) is 3. The number of nitrogens with two attached hydrogens (primary N) is 1. The molecule has 0 saturated carbocycles. The van der Waals surface area contributed by atoms with Crippen molar-refractivity contribution in [3.05, 3.63) is 53.6 Å². The second kappa shape index (κ2) is 11.7. The summed E-state index contributed by atoms with van der Waals surface area (Å²) in [5.74, 6) is -2.50. The maximum atomic E-state index is 13.5. The Morgan fingerprint density at radius 3 is 2.20 bits per heavy atom. The van der Waals surface area contributed by atoms with E-state index in [0.29, 0.717) is 63.2 Å². The lowest BCUT2D eigenvalue weighted by Crippen LogP contribution is -2.54. The van der Waals surface area contributed by atoms with Crippen LogP contribution >= 0.6 is 0 Å². The number of amides is 5. The average Bonchev–Trinajstić information content (AvgIpc) is 3.27. The SMILES string of the molecule is Nc1ccc(S(=O)(=O)N2CCC(NC(=O)C3CCN(c4cccc5c4C(=O)N(C4CCC(=O)NC4=O)C5=O)CC3)CC2)cc1. The Morgan fingerprint density at radius 1 is 0.864 bits per heavy atom. The van der Waals surface area contributed by atoms with Crippen molar-refractivity contribution >= 4 is 50.9 Å². The summed E-state index contributed by atoms with van der Waals surface area (Å²) < 4.78 is 27.4. The van der Waals surface area contributed by atoms with Gasteiger partial charge < -0.3 is 16.0 Å². The van der Waals surface area contributed by atoms with E-state index in [-0.39, 0.29) is 46.7 Å². The summed E-state index contributed by atoms with van der Waals surface area (Å²) in [6, 6.07) is 9.99. The highest BCUT2D eigenvalue weighted by Gasteiger charge is 2.46. The third kappa shape index (κ3) is 5.43. The van der Waals surface area contributed by atoms with E-state index >= 15 is 0 Å². The van der Waals surface area contributed by atoms with Crippen LogP contribution < -0.4 is 21.3 Å². The zero-order valence-electron chi connectivity index (χ0n) is 24.0. The van der Waals surface area contributed by atoms with Gasteiger partial charge in [-0.2, -0.15) is 4.31 Å². The Hall–Kier alpha value is -4.30. The van der Waals surface area contributed by atoms with Crippen LogP contribution in [0.1, 0.15) is 59.2 Å². The third-order valence-corrected chi connectivity index (χ3v) is 10.9. The van der Waals surface area contributed by atoms with E-state index in [1.165, 1.54) is 16.4 Å². The fourth-order valence-electron chi connectivity index (χ4n) is 6.49. The van der Waals surface area contributed by atoms with Gasteiger partial charge in [0.25, 0.3) is 11.8 Å². The smallest absolute Gasteiger partial charge is 0.264 e. The molecule has 0 spiro atoms. The lowest BCUT2D eigenvalue weighted by molar-refractivity contribution is -0.136. The van der Waals surface area contributed by atoms with Gasteiger partial charge in [0.15, 0.2) is 0 Å². The molecule has 232 valence electrons. The van der Waals surface area contributed by atoms with Crippen LogP contribution in [0.4, 0.5) is 11.4 Å². The largest absolute Gasteiger partial charge is 0.399 e. The van der Waals surface area contributed by atoms with Gasteiger partial charge >= 0.3 is 0 Å². The quantitative estimate of drug-likeness (QED) is 0.311. The molecule has 0 radical (unpaired) electrons. The molecule has 0 aliphatic carbocycles. The van der Waals surface area contributed by atoms with E-state index in [1.807, 2.05) is 4.90 Å². The molecule has 14 heteroatoms. The number of fused-ring (bicyclic) bond motifs is 1. The molecule has 5 amide bonds. The van der Waals surface area contributed by atoms with Crippen LogP contribution in [-0.2, 0) is 24.4 Å². The fourth-order valence-corrected chi connectivity index (χ4v) is 7.96. The molecule has 4 aliphatic rings. The second-order valence-corrected chi connectivity index (χ2v) is 13.6. The third-order valence-electron chi connectivity index (χ3n) is 8.97. The van der Waals surface area contributed by atoms with Crippen molar-refractivity contribution in [1.29, 1.82) is 0 Å². The molecule has 3 fully saturated rings. The van der Waals surface area contributed by atoms with Gasteiger partial charge in [0, 0.05) is 50.2 Å². The van der Waals surface area contributed by atoms with E-state index in [4.69, 9.17) is 5.73 Å². The minimum atomic E-state index is -3.63. The molecule has 13 nitrogen and oxygen atoms in total. The second-order valence-electron chi connectivity index (χ2n) is 11.7. The first-order valence-electron chi connectivity index (χ1n) is 14.8. The Balaban J connectivity index is 1.04. The Labute approximate surface area is 254 Å². The number of nitrogens with one attached hydrogen (secondary N) is 2. The standard InChI is InChI=1S/C30H34N6O7S/c31-19-4-6-21(7-5-19)44(42,43)35-16-12-20(13-17-35)32-27(38)18-10-14-34(15-11-18)23-3-1-2-22-26(23)30(41)36(29(22)40)24-8-9-25(37)33-28(24)39/h1-7,18,20,24H,8-17,31H2,(H,32,38)(H,33,37,39). The first-order chi connectivity index (χ1) is 21.0. The van der Waals surface area contributed by atoms with Crippen LogP contribution in [0.25, 0.3) is 0 Å². The van der Waals surface area contributed by atoms with Gasteiger partial charge in [-0.1, -0.05) is 6.07 Å².